The Morgan fingerprint density at radius 3 is 1.38 bits per heavy atom. The van der Waals surface area contributed by atoms with Crippen molar-refractivity contribution in [2.45, 2.75) is 8.88 Å². The summed E-state index contributed by atoms with van der Waals surface area (Å²) in [6, 6.07) is 0. The van der Waals surface area contributed by atoms with Crippen LogP contribution in [0.3, 0.4) is 0 Å². The van der Waals surface area contributed by atoms with Crippen LogP contribution in [0.1, 0.15) is 0 Å². The Morgan fingerprint density at radius 1 is 1.00 bits per heavy atom. The van der Waals surface area contributed by atoms with Gasteiger partial charge in [0.05, 0.1) is 0 Å². The van der Waals surface area contributed by atoms with E-state index < -0.39 is 26.6 Å². The van der Waals surface area contributed by atoms with Crippen molar-refractivity contribution in [3.8, 4) is 0 Å². The highest BCUT2D eigenvalue weighted by Crippen LogP contribution is 2.38. The Bertz CT molecular complexity index is 378. The van der Waals surface area contributed by atoms with Crippen molar-refractivity contribution in [2.24, 2.45) is 0 Å². The fourth-order valence-electron chi connectivity index (χ4n) is 0.227. The first-order chi connectivity index (χ1) is 5.44. The molecule has 0 heterocycles. The largest absolute Gasteiger partial charge is 0.351 e. The van der Waals surface area contributed by atoms with Crippen molar-refractivity contribution in [3.63, 3.8) is 0 Å². The monoisotopic (exact) mass is 296 g/mol. The summed E-state index contributed by atoms with van der Waals surface area (Å²) in [7, 11) is -11.3. The second kappa shape index (κ2) is 3.65. The lowest BCUT2D eigenvalue weighted by molar-refractivity contribution is 0.238. The van der Waals surface area contributed by atoms with Crippen molar-refractivity contribution in [1.82, 2.24) is 0 Å². The van der Waals surface area contributed by atoms with E-state index in [4.69, 9.17) is 0 Å². The molecule has 11 heteroatoms. The van der Waals surface area contributed by atoms with E-state index in [0.717, 1.165) is 0 Å². The zero-order chi connectivity index (χ0) is 11.1. The summed E-state index contributed by atoms with van der Waals surface area (Å²) in [5.41, 5.74) is 0. The second-order valence-corrected chi connectivity index (χ2v) is 10.2. The van der Waals surface area contributed by atoms with Gasteiger partial charge in [0.25, 0.3) is 0 Å². The van der Waals surface area contributed by atoms with Gasteiger partial charge >= 0.3 is 26.6 Å². The van der Waals surface area contributed by atoms with Crippen molar-refractivity contribution in [3.05, 3.63) is 0 Å². The third-order valence-corrected chi connectivity index (χ3v) is 8.10. The smallest absolute Gasteiger partial charge is 0.208 e. The Hall–Kier alpha value is 0.630. The van der Waals surface area contributed by atoms with Crippen LogP contribution < -0.4 is 0 Å². The minimum Gasteiger partial charge on any atom is -0.208 e. The summed E-state index contributed by atoms with van der Waals surface area (Å²) < 4.78 is 62.2. The highest BCUT2D eigenvalue weighted by molar-refractivity contribution is 8.68. The standard InChI is InChI=1S/C2HCl3F2O4S2/c3-2(4,5)13(10,11)12(8,9)1(6)7/h1H. The summed E-state index contributed by atoms with van der Waals surface area (Å²) >= 11 is 14.1. The van der Waals surface area contributed by atoms with Gasteiger partial charge in [0.1, 0.15) is 0 Å². The molecule has 0 N–H and O–H groups in total. The second-order valence-electron chi connectivity index (χ2n) is 1.65. The van der Waals surface area contributed by atoms with Crippen LogP contribution in [0.25, 0.3) is 0 Å². The average Bonchev–Trinajstić information content (AvgIpc) is 1.84. The molecule has 0 aliphatic heterocycles. The van der Waals surface area contributed by atoms with Gasteiger partial charge in [-0.2, -0.15) is 8.78 Å². The van der Waals surface area contributed by atoms with E-state index in [9.17, 15) is 25.6 Å². The molecular formula is C2HCl3F2O4S2. The molecule has 0 aromatic heterocycles. The lowest BCUT2D eigenvalue weighted by Gasteiger charge is -2.11. The molecule has 0 unspecified atom stereocenters. The molecule has 0 rings (SSSR count). The van der Waals surface area contributed by atoms with Gasteiger partial charge < -0.3 is 0 Å². The third-order valence-electron chi connectivity index (χ3n) is 0.808. The molecule has 4 nitrogen and oxygen atoms in total. The minimum atomic E-state index is -5.79. The first-order valence-corrected chi connectivity index (χ1v) is 6.96. The number of rotatable bonds is 2. The summed E-state index contributed by atoms with van der Waals surface area (Å²) in [6.45, 7) is 0. The zero-order valence-electron chi connectivity index (χ0n) is 5.42. The summed E-state index contributed by atoms with van der Waals surface area (Å²) in [5, 5.41) is 0. The van der Waals surface area contributed by atoms with Crippen molar-refractivity contribution in [1.29, 1.82) is 0 Å². The molecule has 0 bridgehead atoms. The maximum Gasteiger partial charge on any atom is 0.351 e. The lowest BCUT2D eigenvalue weighted by atomic mass is 11.7. The molecular weight excluding hydrogens is 297 g/mol. The Morgan fingerprint density at radius 2 is 1.31 bits per heavy atom. The lowest BCUT2D eigenvalue weighted by Crippen LogP contribution is -2.32. The van der Waals surface area contributed by atoms with Crippen LogP contribution in [-0.4, -0.2) is 25.7 Å². The Kier molecular flexibility index (Phi) is 3.83. The third kappa shape index (κ3) is 2.35. The Labute approximate surface area is 87.0 Å². The van der Waals surface area contributed by atoms with Gasteiger partial charge in [-0.1, -0.05) is 34.8 Å². The van der Waals surface area contributed by atoms with Gasteiger partial charge in [0.2, 0.25) is 0 Å². The van der Waals surface area contributed by atoms with Crippen LogP contribution in [0.2, 0.25) is 0 Å². The van der Waals surface area contributed by atoms with Crippen molar-refractivity contribution in [2.75, 3.05) is 0 Å². The van der Waals surface area contributed by atoms with E-state index in [1.165, 1.54) is 0 Å². The maximum absolute atomic E-state index is 11.7. The van der Waals surface area contributed by atoms with Gasteiger partial charge in [0.15, 0.2) is 0 Å². The molecule has 0 spiro atoms. The zero-order valence-corrected chi connectivity index (χ0v) is 9.32. The quantitative estimate of drug-likeness (QED) is 0.569. The highest BCUT2D eigenvalue weighted by atomic mass is 35.6. The van der Waals surface area contributed by atoms with Crippen LogP contribution in [0.15, 0.2) is 0 Å². The normalized spacial score (nSPS) is 14.9. The molecule has 0 amide bonds. The molecule has 0 saturated carbocycles. The van der Waals surface area contributed by atoms with Crippen molar-refractivity contribution < 1.29 is 25.6 Å². The van der Waals surface area contributed by atoms with Crippen LogP contribution in [0.5, 0.6) is 0 Å². The molecule has 0 fully saturated rings. The molecule has 80 valence electrons. The van der Waals surface area contributed by atoms with Gasteiger partial charge in [0, 0.05) is 0 Å². The summed E-state index contributed by atoms with van der Waals surface area (Å²) in [6.07, 6.45) is 0. The molecule has 0 aromatic rings. The van der Waals surface area contributed by atoms with E-state index >= 15 is 0 Å². The minimum absolute atomic E-state index is 3.32. The highest BCUT2D eigenvalue weighted by Gasteiger charge is 2.52. The van der Waals surface area contributed by atoms with E-state index in [2.05, 4.69) is 34.8 Å². The molecule has 0 radical (unpaired) electrons. The molecule has 0 aliphatic carbocycles. The first kappa shape index (κ1) is 13.6. The fraction of sp³-hybridized carbons (Fsp3) is 1.00. The van der Waals surface area contributed by atoms with Gasteiger partial charge in [-0.3, -0.25) is 0 Å². The topological polar surface area (TPSA) is 68.3 Å². The van der Waals surface area contributed by atoms with E-state index in [1.807, 2.05) is 0 Å². The number of hydrogen-bond acceptors (Lipinski definition) is 4. The van der Waals surface area contributed by atoms with E-state index in [-0.39, 0.29) is 0 Å². The molecule has 0 aromatic carbocycles. The van der Waals surface area contributed by atoms with E-state index in [0.29, 0.717) is 0 Å². The van der Waals surface area contributed by atoms with Gasteiger partial charge in [-0.15, -0.1) is 0 Å². The fourth-order valence-corrected chi connectivity index (χ4v) is 4.42. The van der Waals surface area contributed by atoms with Crippen LogP contribution >= 0.6 is 34.8 Å². The number of halogens is 5. The van der Waals surface area contributed by atoms with Gasteiger partial charge in [-0.25, -0.2) is 16.8 Å². The van der Waals surface area contributed by atoms with Crippen LogP contribution in [-0.2, 0) is 17.7 Å². The summed E-state index contributed by atoms with van der Waals surface area (Å²) in [5.74, 6) is -4.15. The number of hydrogen-bond donors (Lipinski definition) is 0. The predicted molar refractivity (Wildman–Crippen MR) is 44.1 cm³/mol. The SMILES string of the molecule is O=S(=O)(C(F)F)S(=O)(=O)C(Cl)(Cl)Cl. The van der Waals surface area contributed by atoms with Crippen molar-refractivity contribution >= 4 is 52.5 Å². The van der Waals surface area contributed by atoms with E-state index in [1.54, 1.807) is 0 Å². The number of alkyl halides is 5. The first-order valence-electron chi connectivity index (χ1n) is 2.28. The van der Waals surface area contributed by atoms with Crippen LogP contribution in [0, 0.1) is 0 Å². The Balaban J connectivity index is 5.62. The molecule has 0 aliphatic rings. The maximum atomic E-state index is 11.7. The molecule has 0 atom stereocenters. The summed E-state index contributed by atoms with van der Waals surface area (Å²) in [4.78, 5) is 0. The molecule has 13 heavy (non-hydrogen) atoms. The van der Waals surface area contributed by atoms with Gasteiger partial charge in [-0.05, 0) is 0 Å². The van der Waals surface area contributed by atoms with Crippen LogP contribution in [0.4, 0.5) is 8.78 Å². The average molecular weight is 298 g/mol. The predicted octanol–water partition coefficient (Wildman–Crippen LogP) is 1.28. The molecule has 0 saturated heterocycles.